The molecule has 9 heteroatoms. The lowest BCUT2D eigenvalue weighted by Gasteiger charge is -2.15. The second-order valence-electron chi connectivity index (χ2n) is 5.85. The van der Waals surface area contributed by atoms with E-state index in [0.29, 0.717) is 6.42 Å². The minimum atomic E-state index is -3.11. The van der Waals surface area contributed by atoms with Gasteiger partial charge in [-0.05, 0) is 29.8 Å². The average molecular weight is 380 g/mol. The first kappa shape index (κ1) is 17.7. The molecule has 0 aromatic heterocycles. The van der Waals surface area contributed by atoms with Gasteiger partial charge >= 0.3 is 0 Å². The van der Waals surface area contributed by atoms with Crippen LogP contribution in [0.3, 0.4) is 0 Å². The first-order valence-electron chi connectivity index (χ1n) is 7.64. The summed E-state index contributed by atoms with van der Waals surface area (Å²) in [4.78, 5) is 37.5. The number of rotatable bonds is 4. The molecule has 1 aromatic carbocycles. The molecule has 2 fully saturated rings. The zero-order valence-electron chi connectivity index (χ0n) is 13.2. The van der Waals surface area contributed by atoms with Gasteiger partial charge < -0.3 is 5.32 Å². The second kappa shape index (κ2) is 7.01. The minimum absolute atomic E-state index is 0.0410. The molecule has 3 rings (SSSR count). The van der Waals surface area contributed by atoms with Gasteiger partial charge in [-0.15, -0.1) is 0 Å². The summed E-state index contributed by atoms with van der Waals surface area (Å²) in [6, 6.07) is 8.63. The summed E-state index contributed by atoms with van der Waals surface area (Å²) in [5.41, 5.74) is 0.786. The molecular weight excluding hydrogens is 364 g/mol. The van der Waals surface area contributed by atoms with Crippen LogP contribution in [0.25, 0.3) is 6.08 Å². The zero-order chi connectivity index (χ0) is 18.0. The van der Waals surface area contributed by atoms with Crippen LogP contribution < -0.4 is 5.32 Å². The zero-order valence-corrected chi connectivity index (χ0v) is 14.8. The predicted octanol–water partition coefficient (Wildman–Crippen LogP) is 1.03. The van der Waals surface area contributed by atoms with Crippen LogP contribution in [0.5, 0.6) is 0 Å². The highest BCUT2D eigenvalue weighted by molar-refractivity contribution is 8.18. The molecule has 1 N–H and O–H groups in total. The van der Waals surface area contributed by atoms with E-state index in [1.54, 1.807) is 18.2 Å². The van der Waals surface area contributed by atoms with Crippen molar-refractivity contribution in [2.45, 2.75) is 12.5 Å². The van der Waals surface area contributed by atoms with Crippen LogP contribution in [-0.2, 0) is 19.4 Å². The topological polar surface area (TPSA) is 101 Å². The number of hydrogen-bond donors (Lipinski definition) is 1. The summed E-state index contributed by atoms with van der Waals surface area (Å²) in [7, 11) is -3.11. The first-order chi connectivity index (χ1) is 11.8. The van der Waals surface area contributed by atoms with Gasteiger partial charge in [-0.1, -0.05) is 30.3 Å². The number of nitrogens with zero attached hydrogens (tertiary/aromatic N) is 1. The standard InChI is InChI=1S/C16H16N2O5S2/c19-14(17-12-6-7-25(22,23)10-12)9-18-15(20)13(24-16(18)21)8-11-4-2-1-3-5-11/h1-5,8,12H,6-7,9-10H2,(H,17,19)/b13-8+/t12-/m1/s1. The van der Waals surface area contributed by atoms with E-state index in [2.05, 4.69) is 5.32 Å². The number of imide groups is 1. The molecule has 2 saturated heterocycles. The molecule has 1 atom stereocenters. The molecule has 0 spiro atoms. The molecule has 2 aliphatic heterocycles. The predicted molar refractivity (Wildman–Crippen MR) is 94.3 cm³/mol. The summed E-state index contributed by atoms with van der Waals surface area (Å²) in [5, 5.41) is 2.06. The largest absolute Gasteiger partial charge is 0.351 e. The van der Waals surface area contributed by atoms with E-state index in [4.69, 9.17) is 0 Å². The third-order valence-electron chi connectivity index (χ3n) is 3.87. The van der Waals surface area contributed by atoms with E-state index >= 15 is 0 Å². The van der Waals surface area contributed by atoms with Gasteiger partial charge in [0.2, 0.25) is 5.91 Å². The van der Waals surface area contributed by atoms with E-state index in [9.17, 15) is 22.8 Å². The van der Waals surface area contributed by atoms with Crippen molar-refractivity contribution in [3.05, 3.63) is 40.8 Å². The van der Waals surface area contributed by atoms with Crippen molar-refractivity contribution in [3.63, 3.8) is 0 Å². The van der Waals surface area contributed by atoms with Crippen LogP contribution >= 0.6 is 11.8 Å². The summed E-state index contributed by atoms with van der Waals surface area (Å²) >= 11 is 0.784. The smallest absolute Gasteiger partial charge is 0.294 e. The maximum atomic E-state index is 12.3. The van der Waals surface area contributed by atoms with Crippen molar-refractivity contribution < 1.29 is 22.8 Å². The normalized spacial score (nSPS) is 24.1. The third kappa shape index (κ3) is 4.29. The van der Waals surface area contributed by atoms with Crippen LogP contribution in [0, 0.1) is 0 Å². The van der Waals surface area contributed by atoms with Gasteiger partial charge in [0.1, 0.15) is 6.54 Å². The third-order valence-corrected chi connectivity index (χ3v) is 6.55. The van der Waals surface area contributed by atoms with Crippen molar-refractivity contribution in [3.8, 4) is 0 Å². The molecule has 25 heavy (non-hydrogen) atoms. The number of amides is 3. The van der Waals surface area contributed by atoms with E-state index < -0.39 is 39.5 Å². The van der Waals surface area contributed by atoms with Gasteiger partial charge in [-0.25, -0.2) is 8.42 Å². The van der Waals surface area contributed by atoms with Gasteiger partial charge in [-0.2, -0.15) is 0 Å². The number of benzene rings is 1. The number of sulfone groups is 1. The Morgan fingerprint density at radius 3 is 2.64 bits per heavy atom. The fourth-order valence-corrected chi connectivity index (χ4v) is 5.17. The Morgan fingerprint density at radius 2 is 2.00 bits per heavy atom. The molecule has 0 radical (unpaired) electrons. The fraction of sp³-hybridized carbons (Fsp3) is 0.312. The van der Waals surface area contributed by atoms with Gasteiger partial charge in [0.25, 0.3) is 11.1 Å². The maximum Gasteiger partial charge on any atom is 0.294 e. The number of nitrogens with one attached hydrogen (secondary N) is 1. The van der Waals surface area contributed by atoms with Gasteiger partial charge in [-0.3, -0.25) is 19.3 Å². The Balaban J connectivity index is 1.63. The lowest BCUT2D eigenvalue weighted by molar-refractivity contribution is -0.129. The highest BCUT2D eigenvalue weighted by Crippen LogP contribution is 2.31. The van der Waals surface area contributed by atoms with Crippen LogP contribution in [0.4, 0.5) is 4.79 Å². The van der Waals surface area contributed by atoms with E-state index in [0.717, 1.165) is 22.2 Å². The van der Waals surface area contributed by atoms with Crippen molar-refractivity contribution in [1.29, 1.82) is 0 Å². The number of thioether (sulfide) groups is 1. The Morgan fingerprint density at radius 1 is 1.28 bits per heavy atom. The average Bonchev–Trinajstić information content (AvgIpc) is 3.02. The SMILES string of the molecule is O=C(CN1C(=O)S/C(=C/c2ccccc2)C1=O)N[C@@H]1CCS(=O)(=O)C1. The van der Waals surface area contributed by atoms with Gasteiger partial charge in [0, 0.05) is 6.04 Å². The summed E-state index contributed by atoms with van der Waals surface area (Å²) in [6.45, 7) is -0.409. The van der Waals surface area contributed by atoms with E-state index in [-0.39, 0.29) is 16.4 Å². The van der Waals surface area contributed by atoms with Crippen LogP contribution in [0.1, 0.15) is 12.0 Å². The number of hydrogen-bond acceptors (Lipinski definition) is 6. The fourth-order valence-electron chi connectivity index (χ4n) is 2.66. The molecule has 7 nitrogen and oxygen atoms in total. The van der Waals surface area contributed by atoms with Gasteiger partial charge in [0.15, 0.2) is 9.84 Å². The number of carbonyl (C=O) groups excluding carboxylic acids is 3. The molecule has 0 saturated carbocycles. The van der Waals surface area contributed by atoms with Crippen molar-refractivity contribution in [1.82, 2.24) is 10.2 Å². The molecule has 3 amide bonds. The lowest BCUT2D eigenvalue weighted by atomic mass is 10.2. The molecule has 2 heterocycles. The highest BCUT2D eigenvalue weighted by Gasteiger charge is 2.37. The molecule has 1 aromatic rings. The Bertz CT molecular complexity index is 849. The summed E-state index contributed by atoms with van der Waals surface area (Å²) in [6.07, 6.45) is 1.95. The van der Waals surface area contributed by atoms with Crippen LogP contribution in [0.2, 0.25) is 0 Å². The van der Waals surface area contributed by atoms with Crippen molar-refractivity contribution in [2.24, 2.45) is 0 Å². The van der Waals surface area contributed by atoms with Crippen LogP contribution in [0.15, 0.2) is 35.2 Å². The first-order valence-corrected chi connectivity index (χ1v) is 10.3. The minimum Gasteiger partial charge on any atom is -0.351 e. The molecule has 2 aliphatic rings. The Kier molecular flexibility index (Phi) is 4.96. The Labute approximate surface area is 149 Å². The summed E-state index contributed by atoms with van der Waals surface area (Å²) in [5.74, 6) is -1.12. The maximum absolute atomic E-state index is 12.3. The van der Waals surface area contributed by atoms with Crippen molar-refractivity contribution >= 4 is 44.7 Å². The molecule has 132 valence electrons. The highest BCUT2D eigenvalue weighted by atomic mass is 32.2. The molecule has 0 unspecified atom stereocenters. The van der Waals surface area contributed by atoms with Gasteiger partial charge in [0.05, 0.1) is 16.4 Å². The summed E-state index contributed by atoms with van der Waals surface area (Å²) < 4.78 is 22.8. The second-order valence-corrected chi connectivity index (χ2v) is 9.07. The lowest BCUT2D eigenvalue weighted by Crippen LogP contribution is -2.43. The quantitative estimate of drug-likeness (QED) is 0.783. The number of carbonyl (C=O) groups is 3. The van der Waals surface area contributed by atoms with Crippen molar-refractivity contribution in [2.75, 3.05) is 18.1 Å². The van der Waals surface area contributed by atoms with Crippen LogP contribution in [-0.4, -0.2) is 54.5 Å². The molecule has 0 aliphatic carbocycles. The Hall–Kier alpha value is -2.13. The van der Waals surface area contributed by atoms with E-state index in [1.165, 1.54) is 0 Å². The molecular formula is C16H16N2O5S2. The monoisotopic (exact) mass is 380 g/mol. The van der Waals surface area contributed by atoms with E-state index in [1.807, 2.05) is 18.2 Å². The molecule has 0 bridgehead atoms.